The number of carbonyl (C=O) groups is 1. The number of benzene rings is 1. The molecule has 0 aliphatic carbocycles. The van der Waals surface area contributed by atoms with Gasteiger partial charge < -0.3 is 15.2 Å². The Morgan fingerprint density at radius 3 is 2.36 bits per heavy atom. The maximum Gasteiger partial charge on any atom is 0.220 e. The highest BCUT2D eigenvalue weighted by molar-refractivity contribution is 5.75. The predicted molar refractivity (Wildman–Crippen MR) is 149 cm³/mol. The molecule has 1 amide bonds. The molecule has 1 aromatic carbocycles. The smallest absolute Gasteiger partial charge is 0.220 e. The van der Waals surface area contributed by atoms with Gasteiger partial charge >= 0.3 is 0 Å². The van der Waals surface area contributed by atoms with Gasteiger partial charge in [0.2, 0.25) is 5.91 Å². The lowest BCUT2D eigenvalue weighted by molar-refractivity contribution is -0.121. The summed E-state index contributed by atoms with van der Waals surface area (Å²) in [6.45, 7) is 4.92. The second kappa shape index (κ2) is 19.0. The van der Waals surface area contributed by atoms with Gasteiger partial charge in [-0.25, -0.2) is 0 Å². The van der Waals surface area contributed by atoms with Gasteiger partial charge in [-0.3, -0.25) is 4.79 Å². The van der Waals surface area contributed by atoms with E-state index in [-0.39, 0.29) is 17.1 Å². The molecule has 0 aliphatic heterocycles. The van der Waals surface area contributed by atoms with Gasteiger partial charge in [0.05, 0.1) is 13.2 Å². The minimum atomic E-state index is 0.0242. The molecule has 0 unspecified atom stereocenters. The van der Waals surface area contributed by atoms with Crippen LogP contribution < -0.4 is 10.1 Å². The van der Waals surface area contributed by atoms with Crippen molar-refractivity contribution >= 4 is 5.91 Å². The fourth-order valence-electron chi connectivity index (χ4n) is 3.59. The number of aromatic hydroxyl groups is 1. The number of nitrogens with one attached hydrogen (secondary N) is 1. The van der Waals surface area contributed by atoms with Gasteiger partial charge in [-0.05, 0) is 68.1 Å². The first-order chi connectivity index (χ1) is 17.4. The summed E-state index contributed by atoms with van der Waals surface area (Å²) in [5, 5.41) is 21.1. The molecule has 0 saturated heterocycles. The number of amides is 1. The second-order valence-electron chi connectivity index (χ2n) is 9.55. The van der Waals surface area contributed by atoms with E-state index in [9.17, 15) is 9.90 Å². The minimum Gasteiger partial charge on any atom is -0.504 e. The Hall–Kier alpha value is -3.26. The zero-order valence-corrected chi connectivity index (χ0v) is 22.3. The number of allylic oxidation sites excluding steroid dienone is 8. The Kier molecular flexibility index (Phi) is 16.2. The highest BCUT2D eigenvalue weighted by Gasteiger charge is 2.12. The minimum absolute atomic E-state index is 0.0242. The molecule has 0 atom stereocenters. The molecule has 0 fully saturated rings. The Morgan fingerprint density at radius 1 is 1.03 bits per heavy atom. The average Bonchev–Trinajstić information content (AvgIpc) is 2.86. The van der Waals surface area contributed by atoms with Crippen molar-refractivity contribution < 1.29 is 14.6 Å². The van der Waals surface area contributed by atoms with E-state index in [1.807, 2.05) is 0 Å². The van der Waals surface area contributed by atoms with E-state index in [1.54, 1.807) is 18.2 Å². The van der Waals surface area contributed by atoms with Gasteiger partial charge in [-0.15, -0.1) is 0 Å². The van der Waals surface area contributed by atoms with Crippen molar-refractivity contribution in [2.75, 3.05) is 7.11 Å². The molecule has 0 aromatic heterocycles. The normalized spacial score (nSPS) is 12.2. The number of hydrogen-bond acceptors (Lipinski definition) is 4. The fourth-order valence-corrected chi connectivity index (χ4v) is 3.59. The zero-order chi connectivity index (χ0) is 26.5. The molecule has 1 rings (SSSR count). The summed E-state index contributed by atoms with van der Waals surface area (Å²) in [6.07, 6.45) is 26.4. The molecule has 36 heavy (non-hydrogen) atoms. The first kappa shape index (κ1) is 30.8. The molecule has 196 valence electrons. The van der Waals surface area contributed by atoms with Crippen molar-refractivity contribution in [3.63, 3.8) is 0 Å². The number of phenols is 1. The SMILES string of the molecule is COc1cc(CNC(=O)CCCC=CCC=CCC=CCC=CC(C)(C)CCCCC#N)ccc1O. The summed E-state index contributed by atoms with van der Waals surface area (Å²) < 4.78 is 5.08. The molecule has 5 heteroatoms. The first-order valence-corrected chi connectivity index (χ1v) is 13.0. The number of nitrogens with zero attached hydrogens (tertiary/aromatic N) is 1. The van der Waals surface area contributed by atoms with Crippen LogP contribution >= 0.6 is 0 Å². The monoisotopic (exact) mass is 492 g/mol. The Balaban J connectivity index is 2.08. The molecule has 0 heterocycles. The highest BCUT2D eigenvalue weighted by Crippen LogP contribution is 2.26. The van der Waals surface area contributed by atoms with Crippen LogP contribution in [-0.2, 0) is 11.3 Å². The third-order valence-electron chi connectivity index (χ3n) is 5.75. The molecule has 0 radical (unpaired) electrons. The maximum atomic E-state index is 12.0. The van der Waals surface area contributed by atoms with E-state index in [4.69, 9.17) is 10.00 Å². The lowest BCUT2D eigenvalue weighted by Crippen LogP contribution is -2.22. The number of carbonyl (C=O) groups excluding carboxylic acids is 1. The van der Waals surface area contributed by atoms with Gasteiger partial charge in [0, 0.05) is 19.4 Å². The number of rotatable bonds is 18. The standard InChI is InChI=1S/C31H44N2O3/c1-31(2,23-17-14-18-24-32)22-16-13-11-9-7-5-4-6-8-10-12-15-19-30(35)33-26-27-20-21-28(34)29(25-27)36-3/h4-5,8-11,16,20-22,25,34H,6-7,12-15,17-19,23,26H2,1-3H3,(H,33,35). The van der Waals surface area contributed by atoms with Crippen LogP contribution in [0, 0.1) is 16.7 Å². The zero-order valence-electron chi connectivity index (χ0n) is 22.3. The van der Waals surface area contributed by atoms with Crippen molar-refractivity contribution in [1.29, 1.82) is 5.26 Å². The van der Waals surface area contributed by atoms with E-state index >= 15 is 0 Å². The summed E-state index contributed by atoms with van der Waals surface area (Å²) in [7, 11) is 1.50. The van der Waals surface area contributed by atoms with E-state index in [0.29, 0.717) is 25.1 Å². The quantitative estimate of drug-likeness (QED) is 0.162. The van der Waals surface area contributed by atoms with E-state index in [0.717, 1.165) is 56.9 Å². The number of ether oxygens (including phenoxy) is 1. The third kappa shape index (κ3) is 15.6. The van der Waals surface area contributed by atoms with E-state index < -0.39 is 0 Å². The lowest BCUT2D eigenvalue weighted by atomic mass is 9.86. The molecule has 1 aromatic rings. The summed E-state index contributed by atoms with van der Waals surface area (Å²) in [5.41, 5.74) is 1.08. The average molecular weight is 493 g/mol. The van der Waals surface area contributed by atoms with Gasteiger partial charge in [0.25, 0.3) is 0 Å². The van der Waals surface area contributed by atoms with Crippen LogP contribution in [0.3, 0.4) is 0 Å². The van der Waals surface area contributed by atoms with Crippen molar-refractivity contribution in [2.45, 2.75) is 84.6 Å². The molecule has 0 aliphatic rings. The lowest BCUT2D eigenvalue weighted by Gasteiger charge is -2.19. The molecule has 5 nitrogen and oxygen atoms in total. The molecular formula is C31H44N2O3. The van der Waals surface area contributed by atoms with E-state index in [1.165, 1.54) is 7.11 Å². The summed E-state index contributed by atoms with van der Waals surface area (Å²) in [4.78, 5) is 12.0. The van der Waals surface area contributed by atoms with Crippen molar-refractivity contribution in [2.24, 2.45) is 5.41 Å². The van der Waals surface area contributed by atoms with Crippen molar-refractivity contribution in [3.05, 3.63) is 72.4 Å². The predicted octanol–water partition coefficient (Wildman–Crippen LogP) is 7.69. The molecule has 2 N–H and O–H groups in total. The van der Waals surface area contributed by atoms with Crippen LogP contribution in [0.5, 0.6) is 11.5 Å². The van der Waals surface area contributed by atoms with Gasteiger partial charge in [-0.2, -0.15) is 5.26 Å². The first-order valence-electron chi connectivity index (χ1n) is 13.0. The highest BCUT2D eigenvalue weighted by atomic mass is 16.5. The Labute approximate surface area is 218 Å². The number of nitriles is 1. The Morgan fingerprint density at radius 2 is 1.69 bits per heavy atom. The Bertz CT molecular complexity index is 920. The molecule has 0 spiro atoms. The third-order valence-corrected chi connectivity index (χ3v) is 5.75. The van der Waals surface area contributed by atoms with Crippen LogP contribution in [0.1, 0.15) is 83.6 Å². The summed E-state index contributed by atoms with van der Waals surface area (Å²) in [6, 6.07) is 7.27. The van der Waals surface area contributed by atoms with Crippen LogP contribution in [0.4, 0.5) is 0 Å². The van der Waals surface area contributed by atoms with Gasteiger partial charge in [0.15, 0.2) is 11.5 Å². The fraction of sp³-hybridized carbons (Fsp3) is 0.484. The summed E-state index contributed by atoms with van der Waals surface area (Å²) in [5.74, 6) is 0.523. The molecule has 0 bridgehead atoms. The van der Waals surface area contributed by atoms with Crippen LogP contribution in [0.2, 0.25) is 0 Å². The number of hydrogen-bond donors (Lipinski definition) is 2. The van der Waals surface area contributed by atoms with E-state index in [2.05, 4.69) is 73.8 Å². The molecular weight excluding hydrogens is 448 g/mol. The van der Waals surface area contributed by atoms with Gasteiger partial charge in [0.1, 0.15) is 0 Å². The van der Waals surface area contributed by atoms with Crippen molar-refractivity contribution in [1.82, 2.24) is 5.32 Å². The number of methoxy groups -OCH3 is 1. The number of phenolic OH excluding ortho intramolecular Hbond substituents is 1. The van der Waals surface area contributed by atoms with Crippen molar-refractivity contribution in [3.8, 4) is 17.6 Å². The number of unbranched alkanes of at least 4 members (excludes halogenated alkanes) is 3. The second-order valence-corrected chi connectivity index (χ2v) is 9.55. The summed E-state index contributed by atoms with van der Waals surface area (Å²) >= 11 is 0. The molecule has 0 saturated carbocycles. The topological polar surface area (TPSA) is 82.3 Å². The van der Waals surface area contributed by atoms with Crippen LogP contribution in [-0.4, -0.2) is 18.1 Å². The maximum absolute atomic E-state index is 12.0. The van der Waals surface area contributed by atoms with Crippen LogP contribution in [0.25, 0.3) is 0 Å². The van der Waals surface area contributed by atoms with Crippen LogP contribution in [0.15, 0.2) is 66.8 Å². The largest absolute Gasteiger partial charge is 0.504 e. The van der Waals surface area contributed by atoms with Gasteiger partial charge in [-0.1, -0.05) is 74.9 Å².